The first-order valence-corrected chi connectivity index (χ1v) is 13.8. The second-order valence-electron chi connectivity index (χ2n) is 7.92. The van der Waals surface area contributed by atoms with Crippen molar-refractivity contribution in [2.24, 2.45) is 5.10 Å². The number of hydrazone groups is 1. The molecule has 0 unspecified atom stereocenters. The second-order valence-corrected chi connectivity index (χ2v) is 11.3. The summed E-state index contributed by atoms with van der Waals surface area (Å²) in [6.07, 6.45) is 1.73. The van der Waals surface area contributed by atoms with Crippen LogP contribution < -0.4 is 5.43 Å². The van der Waals surface area contributed by atoms with Crippen LogP contribution in [0.15, 0.2) is 92.6 Å². The molecular weight excluding hydrogens is 493 g/mol. The minimum atomic E-state index is -0.181. The first-order chi connectivity index (χ1) is 17.2. The molecule has 0 aliphatic carbocycles. The summed E-state index contributed by atoms with van der Waals surface area (Å²) in [5, 5.41) is 17.2. The highest BCUT2D eigenvalue weighted by atomic mass is 32.2. The highest BCUT2D eigenvalue weighted by molar-refractivity contribution is 8.03. The maximum Gasteiger partial charge on any atom is 0.250 e. The van der Waals surface area contributed by atoms with Crippen molar-refractivity contribution in [3.8, 4) is 0 Å². The third-order valence-corrected chi connectivity index (χ3v) is 8.65. The lowest BCUT2D eigenvalue weighted by molar-refractivity contribution is -0.118. The van der Waals surface area contributed by atoms with Gasteiger partial charge in [-0.15, -0.1) is 10.2 Å². The van der Waals surface area contributed by atoms with Crippen LogP contribution in [0.1, 0.15) is 16.7 Å². The number of amides is 1. The Morgan fingerprint density at radius 2 is 1.54 bits per heavy atom. The number of nitrogens with zero attached hydrogens (tertiary/aromatic N) is 3. The average molecular weight is 515 g/mol. The Bertz CT molecular complexity index is 1460. The smallest absolute Gasteiger partial charge is 0.250 e. The first kappa shape index (κ1) is 23.5. The molecule has 5 nitrogen and oxygen atoms in total. The van der Waals surface area contributed by atoms with Crippen molar-refractivity contribution >= 4 is 68.5 Å². The molecule has 1 heterocycles. The van der Waals surface area contributed by atoms with Crippen molar-refractivity contribution < 1.29 is 4.79 Å². The van der Waals surface area contributed by atoms with E-state index in [1.165, 1.54) is 34.2 Å². The molecule has 1 N–H and O–H groups in total. The summed E-state index contributed by atoms with van der Waals surface area (Å²) >= 11 is 4.53. The fraction of sp³-hybridized carbons (Fsp3) is 0.111. The summed E-state index contributed by atoms with van der Waals surface area (Å²) in [6.45, 7) is 2.08. The van der Waals surface area contributed by atoms with Gasteiger partial charge in [0.15, 0.2) is 8.68 Å². The van der Waals surface area contributed by atoms with Crippen LogP contribution in [0.2, 0.25) is 0 Å². The van der Waals surface area contributed by atoms with Crippen molar-refractivity contribution in [1.29, 1.82) is 0 Å². The molecule has 0 bridgehead atoms. The van der Waals surface area contributed by atoms with E-state index in [0.29, 0.717) is 0 Å². The summed E-state index contributed by atoms with van der Waals surface area (Å²) in [5.74, 6) is 0.891. The highest BCUT2D eigenvalue weighted by Gasteiger charge is 2.09. The Morgan fingerprint density at radius 3 is 2.23 bits per heavy atom. The minimum Gasteiger partial charge on any atom is -0.272 e. The molecule has 0 aliphatic heterocycles. The maximum atomic E-state index is 12.4. The van der Waals surface area contributed by atoms with Crippen molar-refractivity contribution in [2.75, 3.05) is 5.75 Å². The lowest BCUT2D eigenvalue weighted by atomic mass is 9.97. The number of aryl methyl sites for hydroxylation is 1. The van der Waals surface area contributed by atoms with Crippen LogP contribution in [0.5, 0.6) is 0 Å². The third-order valence-electron chi connectivity index (χ3n) is 5.39. The Balaban J connectivity index is 1.18. The van der Waals surface area contributed by atoms with Crippen LogP contribution in [-0.4, -0.2) is 28.1 Å². The molecule has 8 heteroatoms. The Kier molecular flexibility index (Phi) is 7.42. The topological polar surface area (TPSA) is 67.2 Å². The molecule has 0 saturated carbocycles. The van der Waals surface area contributed by atoms with Gasteiger partial charge in [0.25, 0.3) is 5.91 Å². The number of benzene rings is 4. The second kappa shape index (κ2) is 11.0. The average Bonchev–Trinajstić information content (AvgIpc) is 3.34. The van der Waals surface area contributed by atoms with Gasteiger partial charge in [-0.25, -0.2) is 5.43 Å². The zero-order chi connectivity index (χ0) is 24.0. The van der Waals surface area contributed by atoms with Crippen LogP contribution in [0.3, 0.4) is 0 Å². The van der Waals surface area contributed by atoms with E-state index in [1.54, 1.807) is 18.0 Å². The van der Waals surface area contributed by atoms with Gasteiger partial charge in [-0.2, -0.15) is 5.10 Å². The van der Waals surface area contributed by atoms with E-state index in [0.717, 1.165) is 41.5 Å². The van der Waals surface area contributed by atoms with Crippen LogP contribution in [0.25, 0.3) is 21.5 Å². The Hall–Kier alpha value is -3.20. The molecule has 4 aromatic carbocycles. The lowest BCUT2D eigenvalue weighted by Gasteiger charge is -2.07. The highest BCUT2D eigenvalue weighted by Crippen LogP contribution is 2.31. The van der Waals surface area contributed by atoms with E-state index in [-0.39, 0.29) is 11.7 Å². The van der Waals surface area contributed by atoms with Crippen molar-refractivity contribution in [1.82, 2.24) is 15.6 Å². The third kappa shape index (κ3) is 5.90. The molecule has 0 aliphatic rings. The summed E-state index contributed by atoms with van der Waals surface area (Å²) in [4.78, 5) is 12.4. The van der Waals surface area contributed by atoms with Crippen LogP contribution in [0.4, 0.5) is 0 Å². The summed E-state index contributed by atoms with van der Waals surface area (Å²) in [6, 6.07) is 27.1. The number of carbonyl (C=O) groups excluding carboxylic acids is 1. The van der Waals surface area contributed by atoms with Gasteiger partial charge in [-0.05, 0) is 40.1 Å². The number of thioether (sulfide) groups is 2. The molecule has 1 amide bonds. The van der Waals surface area contributed by atoms with Crippen molar-refractivity contribution in [2.45, 2.75) is 21.4 Å². The van der Waals surface area contributed by atoms with Gasteiger partial charge in [0.1, 0.15) is 0 Å². The number of fused-ring (bicyclic) bond motifs is 2. The van der Waals surface area contributed by atoms with Gasteiger partial charge >= 0.3 is 0 Å². The monoisotopic (exact) mass is 514 g/mol. The van der Waals surface area contributed by atoms with Crippen LogP contribution in [0, 0.1) is 6.92 Å². The first-order valence-electron chi connectivity index (χ1n) is 11.0. The van der Waals surface area contributed by atoms with Gasteiger partial charge in [0.05, 0.1) is 12.0 Å². The fourth-order valence-corrected chi connectivity index (χ4v) is 6.43. The number of aromatic nitrogens is 2. The number of hydrogen-bond acceptors (Lipinski definition) is 7. The molecule has 0 fully saturated rings. The van der Waals surface area contributed by atoms with Crippen LogP contribution >= 0.6 is 34.9 Å². The quantitative estimate of drug-likeness (QED) is 0.108. The van der Waals surface area contributed by atoms with E-state index in [1.807, 2.05) is 24.3 Å². The van der Waals surface area contributed by atoms with Crippen molar-refractivity contribution in [3.05, 3.63) is 95.6 Å². The molecule has 0 spiro atoms. The molecule has 35 heavy (non-hydrogen) atoms. The van der Waals surface area contributed by atoms with Crippen molar-refractivity contribution in [3.63, 3.8) is 0 Å². The van der Waals surface area contributed by atoms with E-state index < -0.39 is 0 Å². The number of rotatable bonds is 8. The van der Waals surface area contributed by atoms with E-state index >= 15 is 0 Å². The summed E-state index contributed by atoms with van der Waals surface area (Å²) < 4.78 is 1.67. The van der Waals surface area contributed by atoms with E-state index in [4.69, 9.17) is 0 Å². The number of carbonyl (C=O) groups is 1. The molecule has 0 saturated heterocycles. The van der Waals surface area contributed by atoms with Gasteiger partial charge in [0.2, 0.25) is 0 Å². The molecule has 174 valence electrons. The zero-order valence-corrected chi connectivity index (χ0v) is 21.4. The largest absolute Gasteiger partial charge is 0.272 e. The predicted molar refractivity (Wildman–Crippen MR) is 149 cm³/mol. The van der Waals surface area contributed by atoms with Crippen LogP contribution in [-0.2, 0) is 10.5 Å². The standard InChI is InChI=1S/C27H22N4OS3/c1-18-10-12-19(13-11-18)16-33-26-30-31-27(35-26)34-17-25(32)29-28-15-24-22-8-4-2-6-20(22)14-21-7-3-5-9-23(21)24/h2-15H,16-17H2,1H3,(H,29,32)/b28-15-. The normalized spacial score (nSPS) is 11.5. The molecular formula is C27H22N4OS3. The SMILES string of the molecule is Cc1ccc(CSc2nnc(SCC(=O)N/N=C\c3c4ccccc4cc4ccccc34)s2)cc1. The maximum absolute atomic E-state index is 12.4. The van der Waals surface area contributed by atoms with E-state index in [2.05, 4.69) is 82.2 Å². The van der Waals surface area contributed by atoms with Gasteiger partial charge < -0.3 is 0 Å². The predicted octanol–water partition coefficient (Wildman–Crippen LogP) is 6.69. The van der Waals surface area contributed by atoms with Gasteiger partial charge in [-0.3, -0.25) is 4.79 Å². The van der Waals surface area contributed by atoms with E-state index in [9.17, 15) is 4.79 Å². The summed E-state index contributed by atoms with van der Waals surface area (Å²) in [5.41, 5.74) is 6.14. The molecule has 0 atom stereocenters. The zero-order valence-electron chi connectivity index (χ0n) is 19.0. The van der Waals surface area contributed by atoms with Gasteiger partial charge in [0, 0.05) is 11.3 Å². The minimum absolute atomic E-state index is 0.181. The molecule has 1 aromatic heterocycles. The molecule has 5 rings (SSSR count). The fourth-order valence-electron chi connectivity index (χ4n) is 3.66. The molecule has 5 aromatic rings. The number of nitrogens with one attached hydrogen (secondary N) is 1. The number of hydrogen-bond donors (Lipinski definition) is 1. The lowest BCUT2D eigenvalue weighted by Crippen LogP contribution is -2.19. The Labute approximate surface area is 216 Å². The molecule has 0 radical (unpaired) electrons. The van der Waals surface area contributed by atoms with Gasteiger partial charge in [-0.1, -0.05) is 113 Å². The summed E-state index contributed by atoms with van der Waals surface area (Å²) in [7, 11) is 0. The Morgan fingerprint density at radius 1 is 0.914 bits per heavy atom.